The largest absolute Gasteiger partial charge is 0.298 e. The number of fused-ring (bicyclic) bond motifs is 1. The van der Waals surface area contributed by atoms with Crippen molar-refractivity contribution in [1.29, 1.82) is 0 Å². The highest BCUT2D eigenvalue weighted by molar-refractivity contribution is 5.78. The fourth-order valence-electron chi connectivity index (χ4n) is 1.95. The van der Waals surface area contributed by atoms with Crippen LogP contribution in [0.3, 0.4) is 0 Å². The van der Waals surface area contributed by atoms with Crippen molar-refractivity contribution in [2.45, 2.75) is 0 Å². The normalized spacial score (nSPS) is 10.2. The Balaban J connectivity index is 2.29. The van der Waals surface area contributed by atoms with Crippen LogP contribution in [-0.2, 0) is 0 Å². The molecule has 0 bridgehead atoms. The Morgan fingerprint density at radius 3 is 2.72 bits per heavy atom. The highest BCUT2D eigenvalue weighted by Gasteiger charge is 2.06. The van der Waals surface area contributed by atoms with Gasteiger partial charge in [-0.3, -0.25) is 4.57 Å². The maximum Gasteiger partial charge on any atom is 0.100 e. The second-order valence-electron chi connectivity index (χ2n) is 3.78. The predicted molar refractivity (Wildman–Crippen MR) is 69.9 cm³/mol. The van der Waals surface area contributed by atoms with Crippen LogP contribution in [-0.4, -0.2) is 9.55 Å². The van der Waals surface area contributed by atoms with E-state index in [0.717, 1.165) is 16.7 Å². The Kier molecular flexibility index (Phi) is 2.44. The average Bonchev–Trinajstić information content (AvgIpc) is 2.84. The van der Waals surface area contributed by atoms with Crippen molar-refractivity contribution in [2.75, 3.05) is 0 Å². The lowest BCUT2D eigenvalue weighted by molar-refractivity contribution is 1.09. The van der Waals surface area contributed by atoms with Gasteiger partial charge in [0.05, 0.1) is 22.4 Å². The van der Waals surface area contributed by atoms with Gasteiger partial charge in [0.15, 0.2) is 0 Å². The lowest BCUT2D eigenvalue weighted by atomic mass is 10.2. The van der Waals surface area contributed by atoms with E-state index in [9.17, 15) is 0 Å². The third-order valence-corrected chi connectivity index (χ3v) is 2.75. The van der Waals surface area contributed by atoms with Crippen LogP contribution in [0.1, 0.15) is 0 Å². The molecule has 0 saturated carbocycles. The summed E-state index contributed by atoms with van der Waals surface area (Å²) in [6.45, 7) is 0. The zero-order chi connectivity index (χ0) is 12.4. The molecule has 0 N–H and O–H groups in total. The molecule has 18 heavy (non-hydrogen) atoms. The molecule has 3 aromatic rings. The Morgan fingerprint density at radius 1 is 1.06 bits per heavy atom. The number of imidazole rings is 1. The minimum Gasteiger partial charge on any atom is -0.298 e. The van der Waals surface area contributed by atoms with E-state index in [1.54, 1.807) is 12.4 Å². The van der Waals surface area contributed by atoms with Crippen LogP contribution in [0, 0.1) is 0 Å². The van der Waals surface area contributed by atoms with E-state index < -0.39 is 0 Å². The first-order chi connectivity index (χ1) is 8.90. The molecule has 0 saturated heterocycles. The molecule has 5 nitrogen and oxygen atoms in total. The lowest BCUT2D eigenvalue weighted by Gasteiger charge is -2.06. The van der Waals surface area contributed by atoms with Gasteiger partial charge in [0.25, 0.3) is 0 Å². The maximum absolute atomic E-state index is 8.59. The van der Waals surface area contributed by atoms with Gasteiger partial charge in [-0.2, -0.15) is 0 Å². The molecule has 0 fully saturated rings. The SMILES string of the molecule is [N-]=[N+]=Nc1ccccc1-n1cnc2ccccc21. The zero-order valence-corrected chi connectivity index (χ0v) is 9.43. The molecular formula is C13H9N5. The fraction of sp³-hybridized carbons (Fsp3) is 0. The lowest BCUT2D eigenvalue weighted by Crippen LogP contribution is -1.91. The number of aromatic nitrogens is 2. The van der Waals surface area contributed by atoms with Crippen molar-refractivity contribution in [1.82, 2.24) is 9.55 Å². The zero-order valence-electron chi connectivity index (χ0n) is 9.43. The minimum absolute atomic E-state index is 0.586. The molecule has 0 spiro atoms. The molecule has 5 heteroatoms. The number of azide groups is 1. The van der Waals surface area contributed by atoms with Crippen molar-refractivity contribution in [2.24, 2.45) is 5.11 Å². The number of hydrogen-bond acceptors (Lipinski definition) is 2. The molecule has 0 amide bonds. The minimum atomic E-state index is 0.586. The standard InChI is InChI=1S/C13H9N5/c14-17-16-11-6-2-4-8-13(11)18-9-15-10-5-1-3-7-12(10)18/h1-9H. The molecule has 3 rings (SSSR count). The summed E-state index contributed by atoms with van der Waals surface area (Å²) < 4.78 is 1.92. The summed E-state index contributed by atoms with van der Waals surface area (Å²) in [5.74, 6) is 0. The number of nitrogens with zero attached hydrogens (tertiary/aromatic N) is 5. The Bertz CT molecular complexity index is 753. The highest BCUT2D eigenvalue weighted by Crippen LogP contribution is 2.26. The maximum atomic E-state index is 8.59. The summed E-state index contributed by atoms with van der Waals surface area (Å²) >= 11 is 0. The van der Waals surface area contributed by atoms with Gasteiger partial charge in [0.2, 0.25) is 0 Å². The monoisotopic (exact) mass is 235 g/mol. The van der Waals surface area contributed by atoms with Crippen LogP contribution in [0.25, 0.3) is 27.2 Å². The molecule has 1 heterocycles. The van der Waals surface area contributed by atoms with Gasteiger partial charge in [-0.1, -0.05) is 35.4 Å². The molecule has 0 aliphatic heterocycles. The first-order valence-corrected chi connectivity index (χ1v) is 5.47. The number of para-hydroxylation sites is 3. The third-order valence-electron chi connectivity index (χ3n) is 2.75. The van der Waals surface area contributed by atoms with E-state index in [1.807, 2.05) is 47.0 Å². The van der Waals surface area contributed by atoms with E-state index >= 15 is 0 Å². The Hall–Kier alpha value is -2.78. The predicted octanol–water partition coefficient (Wildman–Crippen LogP) is 3.97. The third kappa shape index (κ3) is 1.59. The van der Waals surface area contributed by atoms with E-state index in [0.29, 0.717) is 5.69 Å². The van der Waals surface area contributed by atoms with Crippen molar-refractivity contribution in [3.63, 3.8) is 0 Å². The molecule has 0 unspecified atom stereocenters. The summed E-state index contributed by atoms with van der Waals surface area (Å²) in [6.07, 6.45) is 1.73. The first kappa shape index (κ1) is 10.4. The van der Waals surface area contributed by atoms with Gasteiger partial charge in [-0.15, -0.1) is 0 Å². The van der Waals surface area contributed by atoms with E-state index in [-0.39, 0.29) is 0 Å². The Morgan fingerprint density at radius 2 is 1.83 bits per heavy atom. The van der Waals surface area contributed by atoms with Gasteiger partial charge in [0, 0.05) is 4.91 Å². The van der Waals surface area contributed by atoms with Gasteiger partial charge >= 0.3 is 0 Å². The van der Waals surface area contributed by atoms with Crippen LogP contribution >= 0.6 is 0 Å². The van der Waals surface area contributed by atoms with Crippen molar-refractivity contribution in [3.05, 3.63) is 65.3 Å². The molecule has 1 aromatic heterocycles. The van der Waals surface area contributed by atoms with Gasteiger partial charge < -0.3 is 0 Å². The molecule has 0 aliphatic carbocycles. The van der Waals surface area contributed by atoms with Crippen LogP contribution in [0.4, 0.5) is 5.69 Å². The average molecular weight is 235 g/mol. The molecule has 0 aliphatic rings. The van der Waals surface area contributed by atoms with Gasteiger partial charge in [0.1, 0.15) is 6.33 Å². The van der Waals surface area contributed by atoms with Crippen molar-refractivity contribution < 1.29 is 0 Å². The summed E-state index contributed by atoms with van der Waals surface area (Å²) in [6, 6.07) is 15.3. The highest BCUT2D eigenvalue weighted by atomic mass is 15.2. The van der Waals surface area contributed by atoms with E-state index in [2.05, 4.69) is 15.0 Å². The van der Waals surface area contributed by atoms with E-state index in [4.69, 9.17) is 5.53 Å². The van der Waals surface area contributed by atoms with Crippen LogP contribution in [0.2, 0.25) is 0 Å². The van der Waals surface area contributed by atoms with Crippen molar-refractivity contribution in [3.8, 4) is 5.69 Å². The summed E-state index contributed by atoms with van der Waals surface area (Å²) in [4.78, 5) is 7.17. The first-order valence-electron chi connectivity index (χ1n) is 5.47. The van der Waals surface area contributed by atoms with Crippen molar-refractivity contribution >= 4 is 16.7 Å². The topological polar surface area (TPSA) is 66.6 Å². The Labute approximate surface area is 103 Å². The summed E-state index contributed by atoms with van der Waals surface area (Å²) in [5.41, 5.74) is 11.9. The molecule has 2 aromatic carbocycles. The second-order valence-corrected chi connectivity index (χ2v) is 3.78. The molecule has 86 valence electrons. The summed E-state index contributed by atoms with van der Waals surface area (Å²) in [7, 11) is 0. The molecular weight excluding hydrogens is 226 g/mol. The number of benzene rings is 2. The fourth-order valence-corrected chi connectivity index (χ4v) is 1.95. The smallest absolute Gasteiger partial charge is 0.100 e. The summed E-state index contributed by atoms with van der Waals surface area (Å²) in [5, 5.41) is 3.70. The number of rotatable bonds is 2. The second kappa shape index (κ2) is 4.24. The van der Waals surface area contributed by atoms with Gasteiger partial charge in [-0.25, -0.2) is 4.98 Å². The van der Waals surface area contributed by atoms with Crippen LogP contribution < -0.4 is 0 Å². The van der Waals surface area contributed by atoms with Gasteiger partial charge in [-0.05, 0) is 23.7 Å². The quantitative estimate of drug-likeness (QED) is 0.376. The molecule has 0 radical (unpaired) electrons. The molecule has 0 atom stereocenters. The number of hydrogen-bond donors (Lipinski definition) is 0. The van der Waals surface area contributed by atoms with E-state index in [1.165, 1.54) is 0 Å². The van der Waals surface area contributed by atoms with Crippen LogP contribution in [0.5, 0.6) is 0 Å². The van der Waals surface area contributed by atoms with Crippen LogP contribution in [0.15, 0.2) is 60.0 Å².